The standard InChI is InChI=1S/C20H21ClN2O3/c1-26-18-7-5-14(6-8-18)19(24)22-17-9-11-23(12-10-17)20(25)15-3-2-4-16(21)13-15/h2-8,13,17H,9-12H2,1H3,(H,22,24). The molecule has 5 nitrogen and oxygen atoms in total. The second kappa shape index (κ2) is 8.23. The van der Waals surface area contributed by atoms with Crippen molar-refractivity contribution in [2.24, 2.45) is 0 Å². The maximum absolute atomic E-state index is 12.5. The van der Waals surface area contributed by atoms with Gasteiger partial charge in [0, 0.05) is 35.3 Å². The number of nitrogens with zero attached hydrogens (tertiary/aromatic N) is 1. The van der Waals surface area contributed by atoms with Crippen molar-refractivity contribution >= 4 is 23.4 Å². The Morgan fingerprint density at radius 3 is 2.38 bits per heavy atom. The molecular formula is C20H21ClN2O3. The molecule has 1 aliphatic heterocycles. The van der Waals surface area contributed by atoms with Crippen LogP contribution in [0.5, 0.6) is 5.75 Å². The monoisotopic (exact) mass is 372 g/mol. The number of ether oxygens (including phenoxy) is 1. The van der Waals surface area contributed by atoms with E-state index in [0.717, 1.165) is 18.6 Å². The summed E-state index contributed by atoms with van der Waals surface area (Å²) in [6, 6.07) is 14.1. The van der Waals surface area contributed by atoms with Crippen molar-refractivity contribution in [2.45, 2.75) is 18.9 Å². The number of piperidine rings is 1. The Morgan fingerprint density at radius 2 is 1.77 bits per heavy atom. The Labute approximate surface area is 157 Å². The molecule has 2 aromatic carbocycles. The Bertz CT molecular complexity index is 784. The van der Waals surface area contributed by atoms with Gasteiger partial charge in [-0.3, -0.25) is 9.59 Å². The Balaban J connectivity index is 1.53. The predicted molar refractivity (Wildman–Crippen MR) is 101 cm³/mol. The van der Waals surface area contributed by atoms with Gasteiger partial charge in [-0.1, -0.05) is 17.7 Å². The second-order valence-electron chi connectivity index (χ2n) is 6.28. The maximum Gasteiger partial charge on any atom is 0.253 e. The van der Waals surface area contributed by atoms with Crippen molar-refractivity contribution in [2.75, 3.05) is 20.2 Å². The third-order valence-electron chi connectivity index (χ3n) is 4.54. The third-order valence-corrected chi connectivity index (χ3v) is 4.78. The van der Waals surface area contributed by atoms with Crippen LogP contribution in [0.3, 0.4) is 0 Å². The average Bonchev–Trinajstić information content (AvgIpc) is 2.68. The number of hydrogen-bond acceptors (Lipinski definition) is 3. The van der Waals surface area contributed by atoms with E-state index in [-0.39, 0.29) is 17.9 Å². The van der Waals surface area contributed by atoms with Crippen LogP contribution in [0.1, 0.15) is 33.6 Å². The first-order chi connectivity index (χ1) is 12.6. The van der Waals surface area contributed by atoms with E-state index in [0.29, 0.717) is 29.2 Å². The van der Waals surface area contributed by atoms with Crippen LogP contribution in [0, 0.1) is 0 Å². The molecule has 1 saturated heterocycles. The molecule has 136 valence electrons. The molecule has 0 bridgehead atoms. The van der Waals surface area contributed by atoms with Gasteiger partial charge in [-0.15, -0.1) is 0 Å². The first-order valence-corrected chi connectivity index (χ1v) is 8.94. The number of carbonyl (C=O) groups is 2. The Morgan fingerprint density at radius 1 is 1.08 bits per heavy atom. The molecule has 3 rings (SSSR count). The maximum atomic E-state index is 12.5. The van der Waals surface area contributed by atoms with Crippen LogP contribution in [0.15, 0.2) is 48.5 Å². The number of likely N-dealkylation sites (tertiary alicyclic amines) is 1. The molecule has 1 fully saturated rings. The summed E-state index contributed by atoms with van der Waals surface area (Å²) < 4.78 is 5.10. The molecule has 2 aromatic rings. The summed E-state index contributed by atoms with van der Waals surface area (Å²) in [4.78, 5) is 26.7. The zero-order valence-corrected chi connectivity index (χ0v) is 15.3. The first-order valence-electron chi connectivity index (χ1n) is 8.56. The lowest BCUT2D eigenvalue weighted by Crippen LogP contribution is -2.46. The van der Waals surface area contributed by atoms with Gasteiger partial charge in [0.05, 0.1) is 7.11 Å². The van der Waals surface area contributed by atoms with Gasteiger partial charge in [-0.25, -0.2) is 0 Å². The number of methoxy groups -OCH3 is 1. The molecule has 0 saturated carbocycles. The fraction of sp³-hybridized carbons (Fsp3) is 0.300. The van der Waals surface area contributed by atoms with Gasteiger partial charge < -0.3 is 15.0 Å². The molecule has 0 spiro atoms. The smallest absolute Gasteiger partial charge is 0.253 e. The van der Waals surface area contributed by atoms with E-state index < -0.39 is 0 Å². The predicted octanol–water partition coefficient (Wildman–Crippen LogP) is 3.38. The molecule has 1 N–H and O–H groups in total. The molecule has 1 aliphatic rings. The SMILES string of the molecule is COc1ccc(C(=O)NC2CCN(C(=O)c3cccc(Cl)c3)CC2)cc1. The molecule has 26 heavy (non-hydrogen) atoms. The van der Waals surface area contributed by atoms with Gasteiger partial charge in [0.1, 0.15) is 5.75 Å². The fourth-order valence-electron chi connectivity index (χ4n) is 3.04. The van der Waals surface area contributed by atoms with Crippen molar-refractivity contribution in [3.05, 3.63) is 64.7 Å². The number of hydrogen-bond donors (Lipinski definition) is 1. The van der Waals surface area contributed by atoms with Gasteiger partial charge >= 0.3 is 0 Å². The van der Waals surface area contributed by atoms with Crippen LogP contribution in [0.2, 0.25) is 5.02 Å². The molecule has 0 unspecified atom stereocenters. The number of amides is 2. The average molecular weight is 373 g/mol. The summed E-state index contributed by atoms with van der Waals surface area (Å²) in [7, 11) is 1.59. The summed E-state index contributed by atoms with van der Waals surface area (Å²) in [6.07, 6.45) is 1.46. The summed E-state index contributed by atoms with van der Waals surface area (Å²) in [5, 5.41) is 3.60. The number of rotatable bonds is 4. The highest BCUT2D eigenvalue weighted by Gasteiger charge is 2.25. The van der Waals surface area contributed by atoms with Gasteiger partial charge in [-0.2, -0.15) is 0 Å². The molecule has 0 aromatic heterocycles. The minimum Gasteiger partial charge on any atom is -0.497 e. The van der Waals surface area contributed by atoms with Crippen LogP contribution < -0.4 is 10.1 Å². The highest BCUT2D eigenvalue weighted by atomic mass is 35.5. The fourth-order valence-corrected chi connectivity index (χ4v) is 3.23. The lowest BCUT2D eigenvalue weighted by molar-refractivity contribution is 0.0698. The van der Waals surface area contributed by atoms with E-state index in [1.54, 1.807) is 55.6 Å². The van der Waals surface area contributed by atoms with Crippen molar-refractivity contribution in [3.63, 3.8) is 0 Å². The highest BCUT2D eigenvalue weighted by Crippen LogP contribution is 2.18. The minimum absolute atomic E-state index is 0.0209. The molecule has 0 aliphatic carbocycles. The van der Waals surface area contributed by atoms with E-state index in [1.165, 1.54) is 0 Å². The summed E-state index contributed by atoms with van der Waals surface area (Å²) in [6.45, 7) is 1.22. The number of halogens is 1. The van der Waals surface area contributed by atoms with E-state index in [1.807, 2.05) is 4.90 Å². The first kappa shape index (κ1) is 18.3. The number of nitrogens with one attached hydrogen (secondary N) is 1. The summed E-state index contributed by atoms with van der Waals surface area (Å²) in [5.41, 5.74) is 1.20. The normalized spacial score (nSPS) is 14.8. The largest absolute Gasteiger partial charge is 0.497 e. The minimum atomic E-state index is -0.104. The van der Waals surface area contributed by atoms with Crippen molar-refractivity contribution in [1.29, 1.82) is 0 Å². The number of carbonyl (C=O) groups excluding carboxylic acids is 2. The van der Waals surface area contributed by atoms with Crippen molar-refractivity contribution in [1.82, 2.24) is 10.2 Å². The molecule has 0 atom stereocenters. The van der Waals surface area contributed by atoms with Gasteiger partial charge in [0.2, 0.25) is 0 Å². The van der Waals surface area contributed by atoms with E-state index in [4.69, 9.17) is 16.3 Å². The molecule has 6 heteroatoms. The third kappa shape index (κ3) is 4.35. The van der Waals surface area contributed by atoms with Crippen LogP contribution in [-0.4, -0.2) is 43.0 Å². The highest BCUT2D eigenvalue weighted by molar-refractivity contribution is 6.30. The summed E-state index contributed by atoms with van der Waals surface area (Å²) in [5.74, 6) is 0.592. The Kier molecular flexibility index (Phi) is 5.78. The zero-order valence-electron chi connectivity index (χ0n) is 14.6. The van der Waals surface area contributed by atoms with Crippen LogP contribution in [0.4, 0.5) is 0 Å². The van der Waals surface area contributed by atoms with Crippen molar-refractivity contribution in [3.8, 4) is 5.75 Å². The Hall–Kier alpha value is -2.53. The molecule has 0 radical (unpaired) electrons. The van der Waals surface area contributed by atoms with Crippen molar-refractivity contribution < 1.29 is 14.3 Å². The topological polar surface area (TPSA) is 58.6 Å². The second-order valence-corrected chi connectivity index (χ2v) is 6.72. The zero-order chi connectivity index (χ0) is 18.5. The molecular weight excluding hydrogens is 352 g/mol. The molecule has 2 amide bonds. The van der Waals surface area contributed by atoms with Gasteiger partial charge in [0.15, 0.2) is 0 Å². The molecule has 1 heterocycles. The van der Waals surface area contributed by atoms with Gasteiger partial charge in [-0.05, 0) is 55.3 Å². The number of benzene rings is 2. The summed E-state index contributed by atoms with van der Waals surface area (Å²) >= 11 is 5.96. The van der Waals surface area contributed by atoms with Crippen LogP contribution in [-0.2, 0) is 0 Å². The van der Waals surface area contributed by atoms with Gasteiger partial charge in [0.25, 0.3) is 11.8 Å². The quantitative estimate of drug-likeness (QED) is 0.895. The van der Waals surface area contributed by atoms with E-state index >= 15 is 0 Å². The lowest BCUT2D eigenvalue weighted by atomic mass is 10.0. The van der Waals surface area contributed by atoms with E-state index in [9.17, 15) is 9.59 Å². The van der Waals surface area contributed by atoms with Crippen LogP contribution in [0.25, 0.3) is 0 Å². The van der Waals surface area contributed by atoms with Crippen LogP contribution >= 0.6 is 11.6 Å². The lowest BCUT2D eigenvalue weighted by Gasteiger charge is -2.32. The van der Waals surface area contributed by atoms with E-state index in [2.05, 4.69) is 5.32 Å².